The molecule has 0 amide bonds. The third-order valence-electron chi connectivity index (χ3n) is 3.95. The van der Waals surface area contributed by atoms with E-state index < -0.39 is 5.54 Å². The summed E-state index contributed by atoms with van der Waals surface area (Å²) in [6.45, 7) is 8.16. The van der Waals surface area contributed by atoms with Gasteiger partial charge >= 0.3 is 0 Å². The van der Waals surface area contributed by atoms with Crippen LogP contribution in [0.3, 0.4) is 0 Å². The van der Waals surface area contributed by atoms with E-state index in [-0.39, 0.29) is 0 Å². The Labute approximate surface area is 123 Å². The van der Waals surface area contributed by atoms with Crippen molar-refractivity contribution in [3.8, 4) is 6.07 Å². The second-order valence-corrected chi connectivity index (χ2v) is 5.53. The van der Waals surface area contributed by atoms with Crippen molar-refractivity contribution in [1.29, 1.82) is 5.26 Å². The number of nitrogens with zero attached hydrogens (tertiary/aromatic N) is 2. The van der Waals surface area contributed by atoms with E-state index in [2.05, 4.69) is 31.7 Å². The lowest BCUT2D eigenvalue weighted by Crippen LogP contribution is -2.49. The molecule has 0 heterocycles. The van der Waals surface area contributed by atoms with Crippen LogP contribution in [0.1, 0.15) is 45.6 Å². The molecule has 0 aliphatic rings. The van der Waals surface area contributed by atoms with Crippen LogP contribution < -0.4 is 5.73 Å². The first-order valence-corrected chi connectivity index (χ1v) is 7.57. The van der Waals surface area contributed by atoms with Gasteiger partial charge in [-0.25, -0.2) is 0 Å². The highest BCUT2D eigenvalue weighted by Gasteiger charge is 2.31. The second-order valence-electron chi connectivity index (χ2n) is 5.53. The first kappa shape index (κ1) is 16.7. The third kappa shape index (κ3) is 4.33. The van der Waals surface area contributed by atoms with Gasteiger partial charge in [-0.15, -0.1) is 0 Å². The molecule has 0 saturated heterocycles. The predicted octanol–water partition coefficient (Wildman–Crippen LogP) is 3.26. The molecule has 0 bridgehead atoms. The molecule has 20 heavy (non-hydrogen) atoms. The van der Waals surface area contributed by atoms with Crippen LogP contribution in [-0.2, 0) is 5.54 Å². The highest BCUT2D eigenvalue weighted by molar-refractivity contribution is 5.31. The standard InChI is InChI=1S/C17H27N3/c1-4-6-12-20(15(3)5-2)14-17(19,13-18)16-10-8-7-9-11-16/h7-11,15H,4-6,12,14,19H2,1-3H3. The van der Waals surface area contributed by atoms with Crippen LogP contribution in [0.25, 0.3) is 0 Å². The van der Waals surface area contributed by atoms with Gasteiger partial charge in [0.25, 0.3) is 0 Å². The number of hydrogen-bond acceptors (Lipinski definition) is 3. The second kappa shape index (κ2) is 8.04. The molecule has 0 spiro atoms. The van der Waals surface area contributed by atoms with Gasteiger partial charge in [-0.05, 0) is 31.9 Å². The number of nitriles is 1. The molecule has 0 aliphatic carbocycles. The maximum Gasteiger partial charge on any atom is 0.142 e. The van der Waals surface area contributed by atoms with Crippen LogP contribution in [0.2, 0.25) is 0 Å². The highest BCUT2D eigenvalue weighted by atomic mass is 15.2. The molecule has 0 aliphatic heterocycles. The average molecular weight is 273 g/mol. The summed E-state index contributed by atoms with van der Waals surface area (Å²) in [6.07, 6.45) is 3.36. The summed E-state index contributed by atoms with van der Waals surface area (Å²) in [5, 5.41) is 9.57. The Bertz CT molecular complexity index is 424. The Kier molecular flexibility index (Phi) is 6.70. The summed E-state index contributed by atoms with van der Waals surface area (Å²) in [5.74, 6) is 0. The van der Waals surface area contributed by atoms with E-state index >= 15 is 0 Å². The number of benzene rings is 1. The van der Waals surface area contributed by atoms with Crippen molar-refractivity contribution in [1.82, 2.24) is 4.90 Å². The molecule has 2 N–H and O–H groups in total. The smallest absolute Gasteiger partial charge is 0.142 e. The van der Waals surface area contributed by atoms with Crippen molar-refractivity contribution >= 4 is 0 Å². The molecule has 3 heteroatoms. The van der Waals surface area contributed by atoms with Gasteiger partial charge in [-0.2, -0.15) is 5.26 Å². The number of nitrogens with two attached hydrogens (primary N) is 1. The summed E-state index contributed by atoms with van der Waals surface area (Å²) in [7, 11) is 0. The van der Waals surface area contributed by atoms with Gasteiger partial charge in [0.1, 0.15) is 5.54 Å². The van der Waals surface area contributed by atoms with E-state index in [0.717, 1.165) is 31.4 Å². The predicted molar refractivity (Wildman–Crippen MR) is 84.2 cm³/mol. The van der Waals surface area contributed by atoms with Crippen LogP contribution >= 0.6 is 0 Å². The molecule has 1 aromatic carbocycles. The summed E-state index contributed by atoms with van der Waals surface area (Å²) in [5.41, 5.74) is 6.34. The third-order valence-corrected chi connectivity index (χ3v) is 3.95. The van der Waals surface area contributed by atoms with Crippen molar-refractivity contribution in [2.24, 2.45) is 5.73 Å². The maximum absolute atomic E-state index is 9.57. The number of rotatable bonds is 8. The van der Waals surface area contributed by atoms with Crippen LogP contribution in [0, 0.1) is 11.3 Å². The summed E-state index contributed by atoms with van der Waals surface area (Å²) < 4.78 is 0. The van der Waals surface area contributed by atoms with Gasteiger partial charge in [0, 0.05) is 12.6 Å². The van der Waals surface area contributed by atoms with E-state index in [9.17, 15) is 5.26 Å². The quantitative estimate of drug-likeness (QED) is 0.791. The Morgan fingerprint density at radius 2 is 1.95 bits per heavy atom. The summed E-state index contributed by atoms with van der Waals surface area (Å²) >= 11 is 0. The van der Waals surface area contributed by atoms with E-state index in [0.29, 0.717) is 12.6 Å². The lowest BCUT2D eigenvalue weighted by Gasteiger charge is -2.34. The van der Waals surface area contributed by atoms with Crippen LogP contribution in [0.15, 0.2) is 30.3 Å². The zero-order chi connectivity index (χ0) is 15.0. The molecule has 110 valence electrons. The number of unbranched alkanes of at least 4 members (excludes halogenated alkanes) is 1. The lowest BCUT2D eigenvalue weighted by atomic mass is 9.91. The zero-order valence-electron chi connectivity index (χ0n) is 13.0. The van der Waals surface area contributed by atoms with Crippen molar-refractivity contribution in [2.75, 3.05) is 13.1 Å². The minimum absolute atomic E-state index is 0.446. The van der Waals surface area contributed by atoms with Crippen LogP contribution in [0.4, 0.5) is 0 Å². The lowest BCUT2D eigenvalue weighted by molar-refractivity contribution is 0.172. The van der Waals surface area contributed by atoms with E-state index in [1.165, 1.54) is 0 Å². The molecule has 0 aromatic heterocycles. The van der Waals surface area contributed by atoms with E-state index in [4.69, 9.17) is 5.73 Å². The van der Waals surface area contributed by atoms with Crippen molar-refractivity contribution < 1.29 is 0 Å². The average Bonchev–Trinajstić information content (AvgIpc) is 2.51. The summed E-state index contributed by atoms with van der Waals surface area (Å²) in [6, 6.07) is 12.5. The van der Waals surface area contributed by atoms with E-state index in [1.807, 2.05) is 30.3 Å². The van der Waals surface area contributed by atoms with E-state index in [1.54, 1.807) is 0 Å². The first-order chi connectivity index (χ1) is 9.57. The highest BCUT2D eigenvalue weighted by Crippen LogP contribution is 2.21. The molecule has 0 fully saturated rings. The Morgan fingerprint density at radius 1 is 1.30 bits per heavy atom. The van der Waals surface area contributed by atoms with Gasteiger partial charge in [-0.3, -0.25) is 4.90 Å². The minimum atomic E-state index is -0.932. The van der Waals surface area contributed by atoms with Crippen molar-refractivity contribution in [2.45, 2.75) is 51.6 Å². The molecule has 3 nitrogen and oxygen atoms in total. The molecule has 0 saturated carbocycles. The van der Waals surface area contributed by atoms with Gasteiger partial charge in [-0.1, -0.05) is 50.6 Å². The molecule has 2 unspecified atom stereocenters. The fourth-order valence-electron chi connectivity index (χ4n) is 2.32. The zero-order valence-corrected chi connectivity index (χ0v) is 13.0. The fraction of sp³-hybridized carbons (Fsp3) is 0.588. The SMILES string of the molecule is CCCCN(CC(N)(C#N)c1ccccc1)C(C)CC. The summed E-state index contributed by atoms with van der Waals surface area (Å²) in [4.78, 5) is 2.35. The van der Waals surface area contributed by atoms with Crippen molar-refractivity contribution in [3.05, 3.63) is 35.9 Å². The largest absolute Gasteiger partial charge is 0.309 e. The fourth-order valence-corrected chi connectivity index (χ4v) is 2.32. The van der Waals surface area contributed by atoms with Crippen LogP contribution in [0.5, 0.6) is 0 Å². The molecular weight excluding hydrogens is 246 g/mol. The Morgan fingerprint density at radius 3 is 2.45 bits per heavy atom. The van der Waals surface area contributed by atoms with Gasteiger partial charge < -0.3 is 5.73 Å². The maximum atomic E-state index is 9.57. The van der Waals surface area contributed by atoms with Crippen LogP contribution in [-0.4, -0.2) is 24.0 Å². The molecule has 2 atom stereocenters. The Balaban J connectivity index is 2.90. The van der Waals surface area contributed by atoms with Gasteiger partial charge in [0.15, 0.2) is 0 Å². The normalized spacial score (nSPS) is 15.6. The minimum Gasteiger partial charge on any atom is -0.309 e. The Hall–Kier alpha value is -1.37. The molecule has 1 aromatic rings. The monoisotopic (exact) mass is 273 g/mol. The molecular formula is C17H27N3. The van der Waals surface area contributed by atoms with Crippen molar-refractivity contribution in [3.63, 3.8) is 0 Å². The van der Waals surface area contributed by atoms with Gasteiger partial charge in [0.05, 0.1) is 6.07 Å². The number of hydrogen-bond donors (Lipinski definition) is 1. The topological polar surface area (TPSA) is 53.0 Å². The van der Waals surface area contributed by atoms with Gasteiger partial charge in [0.2, 0.25) is 0 Å². The first-order valence-electron chi connectivity index (χ1n) is 7.57. The molecule has 0 radical (unpaired) electrons. The molecule has 1 rings (SSSR count).